The molecule has 3 saturated heterocycles. The summed E-state index contributed by atoms with van der Waals surface area (Å²) in [5.74, 6) is 0.676. The lowest BCUT2D eigenvalue weighted by Crippen LogP contribution is -2.46. The van der Waals surface area contributed by atoms with Gasteiger partial charge in [-0.05, 0) is 36.5 Å². The van der Waals surface area contributed by atoms with Crippen molar-refractivity contribution in [2.75, 3.05) is 13.1 Å². The van der Waals surface area contributed by atoms with Crippen molar-refractivity contribution in [3.05, 3.63) is 35.8 Å². The van der Waals surface area contributed by atoms with Gasteiger partial charge in [-0.3, -0.25) is 4.98 Å². The minimum atomic E-state index is 0.197. The van der Waals surface area contributed by atoms with E-state index in [9.17, 15) is 0 Å². The largest absolute Gasteiger partial charge is 0.374 e. The third kappa shape index (κ3) is 1.71. The average molecular weight is 235 g/mol. The van der Waals surface area contributed by atoms with Crippen molar-refractivity contribution in [1.29, 1.82) is 0 Å². The van der Waals surface area contributed by atoms with Crippen LogP contribution in [0, 0.1) is 5.92 Å². The molecule has 0 aromatic carbocycles. The summed E-state index contributed by atoms with van der Waals surface area (Å²) in [6.45, 7) is 2.33. The molecule has 4 heterocycles. The molecule has 3 heteroatoms. The van der Waals surface area contributed by atoms with Gasteiger partial charge >= 0.3 is 0 Å². The highest BCUT2D eigenvalue weighted by Gasteiger charge is 2.36. The first-order valence-electron chi connectivity index (χ1n) is 5.85. The number of allylic oxidation sites excluding steroid dienone is 1. The second kappa shape index (κ2) is 4.10. The van der Waals surface area contributed by atoms with Gasteiger partial charge in [-0.2, -0.15) is 0 Å². The Balaban J connectivity index is 1.92. The van der Waals surface area contributed by atoms with Crippen LogP contribution in [-0.2, 0) is 0 Å². The van der Waals surface area contributed by atoms with Gasteiger partial charge in [-0.15, -0.1) is 11.6 Å². The molecule has 2 nitrogen and oxygen atoms in total. The molecule has 3 aliphatic rings. The second-order valence-corrected chi connectivity index (χ2v) is 5.05. The highest BCUT2D eigenvalue weighted by molar-refractivity contribution is 6.23. The van der Waals surface area contributed by atoms with Crippen molar-refractivity contribution >= 4 is 17.7 Å². The van der Waals surface area contributed by atoms with Crippen molar-refractivity contribution in [3.63, 3.8) is 0 Å². The van der Waals surface area contributed by atoms with Gasteiger partial charge in [0, 0.05) is 31.2 Å². The fraction of sp³-hybridized carbons (Fsp3) is 0.462. The maximum atomic E-state index is 6.50. The van der Waals surface area contributed by atoms with Gasteiger partial charge in [0.15, 0.2) is 0 Å². The SMILES string of the molecule is ClC1C(=Cc2cccnc2)N2CCC1CC2. The van der Waals surface area contributed by atoms with Crippen molar-refractivity contribution < 1.29 is 0 Å². The maximum absolute atomic E-state index is 6.50. The number of piperidine rings is 3. The summed E-state index contributed by atoms with van der Waals surface area (Å²) in [6, 6.07) is 4.04. The quantitative estimate of drug-likeness (QED) is 0.695. The standard InChI is InChI=1S/C13H15ClN2/c14-13-11-3-6-16(7-4-11)12(13)8-10-2-1-5-15-9-10/h1-2,5,8-9,11,13H,3-4,6-7H2. The predicted molar refractivity (Wildman–Crippen MR) is 66.2 cm³/mol. The molecule has 0 amide bonds. The molecule has 4 rings (SSSR count). The normalized spacial score (nSPS) is 31.1. The predicted octanol–water partition coefficient (Wildman–Crippen LogP) is 2.76. The van der Waals surface area contributed by atoms with Crippen LogP contribution in [-0.4, -0.2) is 28.4 Å². The Morgan fingerprint density at radius 3 is 2.81 bits per heavy atom. The summed E-state index contributed by atoms with van der Waals surface area (Å²) in [5, 5.41) is 0.197. The van der Waals surface area contributed by atoms with E-state index in [-0.39, 0.29) is 5.38 Å². The first-order chi connectivity index (χ1) is 7.84. The van der Waals surface area contributed by atoms with Crippen molar-refractivity contribution in [1.82, 2.24) is 9.88 Å². The molecular weight excluding hydrogens is 220 g/mol. The third-order valence-electron chi connectivity index (χ3n) is 3.60. The molecule has 1 unspecified atom stereocenters. The van der Waals surface area contributed by atoms with Gasteiger partial charge in [0.05, 0.1) is 5.38 Å². The molecule has 1 aromatic rings. The number of halogens is 1. The minimum absolute atomic E-state index is 0.197. The van der Waals surface area contributed by atoms with Crippen LogP contribution >= 0.6 is 11.6 Å². The molecule has 0 radical (unpaired) electrons. The van der Waals surface area contributed by atoms with Gasteiger partial charge in [0.25, 0.3) is 0 Å². The summed E-state index contributed by atoms with van der Waals surface area (Å²) in [5.41, 5.74) is 2.44. The summed E-state index contributed by atoms with van der Waals surface area (Å²) >= 11 is 6.50. The molecular formula is C13H15ClN2. The number of fused-ring (bicyclic) bond motifs is 3. The van der Waals surface area contributed by atoms with Gasteiger partial charge in [-0.25, -0.2) is 0 Å². The van der Waals surface area contributed by atoms with Crippen LogP contribution in [0.25, 0.3) is 6.08 Å². The third-order valence-corrected chi connectivity index (χ3v) is 4.18. The molecule has 1 aromatic heterocycles. The van der Waals surface area contributed by atoms with E-state index < -0.39 is 0 Å². The Kier molecular flexibility index (Phi) is 2.60. The van der Waals surface area contributed by atoms with E-state index in [1.165, 1.54) is 31.6 Å². The molecule has 0 N–H and O–H groups in total. The topological polar surface area (TPSA) is 16.1 Å². The molecule has 3 fully saturated rings. The fourth-order valence-corrected chi connectivity index (χ4v) is 3.12. The Bertz CT molecular complexity index is 390. The first kappa shape index (κ1) is 10.2. The number of rotatable bonds is 1. The van der Waals surface area contributed by atoms with Crippen LogP contribution in [0.15, 0.2) is 30.2 Å². The molecule has 0 spiro atoms. The van der Waals surface area contributed by atoms with E-state index >= 15 is 0 Å². The van der Waals surface area contributed by atoms with Gasteiger partial charge < -0.3 is 4.90 Å². The number of alkyl halides is 1. The van der Waals surface area contributed by atoms with Crippen LogP contribution in [0.1, 0.15) is 18.4 Å². The second-order valence-electron chi connectivity index (χ2n) is 4.58. The number of pyridine rings is 1. The zero-order valence-corrected chi connectivity index (χ0v) is 9.90. The monoisotopic (exact) mass is 234 g/mol. The molecule has 2 bridgehead atoms. The summed E-state index contributed by atoms with van der Waals surface area (Å²) in [6.07, 6.45) is 8.38. The molecule has 0 aliphatic carbocycles. The number of hydrogen-bond donors (Lipinski definition) is 0. The molecule has 3 aliphatic heterocycles. The summed E-state index contributed by atoms with van der Waals surface area (Å²) < 4.78 is 0. The van der Waals surface area contributed by atoms with E-state index in [2.05, 4.69) is 22.0 Å². The zero-order chi connectivity index (χ0) is 11.0. The lowest BCUT2D eigenvalue weighted by molar-refractivity contribution is 0.166. The minimum Gasteiger partial charge on any atom is -0.374 e. The Morgan fingerprint density at radius 2 is 2.19 bits per heavy atom. The summed E-state index contributed by atoms with van der Waals surface area (Å²) in [7, 11) is 0. The number of aromatic nitrogens is 1. The lowest BCUT2D eigenvalue weighted by Gasteiger charge is -2.45. The van der Waals surface area contributed by atoms with Crippen LogP contribution in [0.3, 0.4) is 0 Å². The summed E-state index contributed by atoms with van der Waals surface area (Å²) in [4.78, 5) is 6.55. The van der Waals surface area contributed by atoms with Crippen molar-refractivity contribution in [2.24, 2.45) is 5.92 Å². The highest BCUT2D eigenvalue weighted by Crippen LogP contribution is 2.38. The Hall–Kier alpha value is -1.02. The smallest absolute Gasteiger partial charge is 0.0763 e. The van der Waals surface area contributed by atoms with Crippen molar-refractivity contribution in [3.8, 4) is 0 Å². The number of hydrogen-bond acceptors (Lipinski definition) is 2. The highest BCUT2D eigenvalue weighted by atomic mass is 35.5. The molecule has 0 saturated carbocycles. The van der Waals surface area contributed by atoms with E-state index in [0.717, 1.165) is 5.56 Å². The number of nitrogens with zero attached hydrogens (tertiary/aromatic N) is 2. The first-order valence-corrected chi connectivity index (χ1v) is 6.29. The van der Waals surface area contributed by atoms with Crippen LogP contribution in [0.5, 0.6) is 0 Å². The van der Waals surface area contributed by atoms with Gasteiger partial charge in [-0.1, -0.05) is 6.07 Å². The van der Waals surface area contributed by atoms with E-state index in [1.54, 1.807) is 6.20 Å². The average Bonchev–Trinajstić information content (AvgIpc) is 2.36. The van der Waals surface area contributed by atoms with E-state index in [1.807, 2.05) is 12.3 Å². The van der Waals surface area contributed by atoms with Crippen LogP contribution in [0.4, 0.5) is 0 Å². The Labute approximate surface area is 101 Å². The zero-order valence-electron chi connectivity index (χ0n) is 9.14. The van der Waals surface area contributed by atoms with Gasteiger partial charge in [0.2, 0.25) is 0 Å². The van der Waals surface area contributed by atoms with E-state index in [0.29, 0.717) is 5.92 Å². The Morgan fingerprint density at radius 1 is 1.38 bits per heavy atom. The van der Waals surface area contributed by atoms with Crippen LogP contribution < -0.4 is 0 Å². The van der Waals surface area contributed by atoms with Crippen LogP contribution in [0.2, 0.25) is 0 Å². The molecule has 16 heavy (non-hydrogen) atoms. The molecule has 1 atom stereocenters. The van der Waals surface area contributed by atoms with Gasteiger partial charge in [0.1, 0.15) is 0 Å². The van der Waals surface area contributed by atoms with Crippen molar-refractivity contribution in [2.45, 2.75) is 18.2 Å². The molecule has 84 valence electrons. The lowest BCUT2D eigenvalue weighted by atomic mass is 9.85. The fourth-order valence-electron chi connectivity index (χ4n) is 2.67. The van der Waals surface area contributed by atoms with E-state index in [4.69, 9.17) is 11.6 Å². The maximum Gasteiger partial charge on any atom is 0.0763 e.